The highest BCUT2D eigenvalue weighted by atomic mass is 16.5. The zero-order valence-electron chi connectivity index (χ0n) is 13.4. The highest BCUT2D eigenvalue weighted by molar-refractivity contribution is 5.75. The minimum Gasteiger partial charge on any atom is -0.623 e. The van der Waals surface area contributed by atoms with E-state index in [9.17, 15) is 10.3 Å². The first kappa shape index (κ1) is 15.2. The molecule has 0 aromatic heterocycles. The summed E-state index contributed by atoms with van der Waals surface area (Å²) in [5.41, 5.74) is 1.72. The second-order valence-corrected chi connectivity index (χ2v) is 6.61. The Morgan fingerprint density at radius 3 is 2.62 bits per heavy atom. The molecule has 0 unspecified atom stereocenters. The lowest BCUT2D eigenvalue weighted by molar-refractivity contribution is -0.522. The van der Waals surface area contributed by atoms with Gasteiger partial charge in [-0.15, -0.1) is 0 Å². The molecule has 2 aliphatic rings. The van der Waals surface area contributed by atoms with E-state index in [1.165, 1.54) is 0 Å². The highest BCUT2D eigenvalue weighted by Gasteiger charge is 2.48. The Labute approximate surface area is 141 Å². The van der Waals surface area contributed by atoms with Crippen LogP contribution in [-0.2, 0) is 0 Å². The lowest BCUT2D eigenvalue weighted by Gasteiger charge is -2.42. The smallest absolute Gasteiger partial charge is 0.200 e. The summed E-state index contributed by atoms with van der Waals surface area (Å²) in [6.07, 6.45) is 3.54. The number of rotatable bonds is 2. The van der Waals surface area contributed by atoms with Gasteiger partial charge in [0.15, 0.2) is 6.21 Å². The molecule has 4 rings (SSSR count). The Hall–Kier alpha value is -2.33. The number of hydrogen-bond acceptors (Lipinski definition) is 3. The molecular weight excluding hydrogens is 302 g/mol. The summed E-state index contributed by atoms with van der Waals surface area (Å²) in [4.78, 5) is 0. The molecule has 1 aliphatic heterocycles. The van der Waals surface area contributed by atoms with Crippen LogP contribution in [0.25, 0.3) is 0 Å². The number of fused-ring (bicyclic) bond motifs is 2. The van der Waals surface area contributed by atoms with Gasteiger partial charge in [-0.05, 0) is 43.5 Å². The number of aliphatic hydroxyl groups is 1. The summed E-state index contributed by atoms with van der Waals surface area (Å²) in [5.74, 6) is 0.561. The Balaban J connectivity index is 1.79. The zero-order valence-corrected chi connectivity index (χ0v) is 13.4. The summed E-state index contributed by atoms with van der Waals surface area (Å²) in [6, 6.07) is 16.8. The summed E-state index contributed by atoms with van der Waals surface area (Å²) in [7, 11) is 0. The average Bonchev–Trinajstić information content (AvgIpc) is 2.61. The first-order chi connectivity index (χ1) is 11.7. The van der Waals surface area contributed by atoms with E-state index in [0.717, 1.165) is 40.9 Å². The third kappa shape index (κ3) is 2.67. The van der Waals surface area contributed by atoms with Crippen molar-refractivity contribution in [3.8, 4) is 5.75 Å². The summed E-state index contributed by atoms with van der Waals surface area (Å²) >= 11 is 0. The van der Waals surface area contributed by atoms with Crippen LogP contribution in [0.2, 0.25) is 0 Å². The Kier molecular flexibility index (Phi) is 3.98. The van der Waals surface area contributed by atoms with Gasteiger partial charge in [-0.3, -0.25) is 0 Å². The van der Waals surface area contributed by atoms with Crippen LogP contribution >= 0.6 is 0 Å². The molecule has 1 heterocycles. The molecule has 4 nitrogen and oxygen atoms in total. The lowest BCUT2D eigenvalue weighted by atomic mass is 9.75. The predicted molar refractivity (Wildman–Crippen MR) is 92.2 cm³/mol. The number of para-hydroxylation sites is 1. The van der Waals surface area contributed by atoms with E-state index >= 15 is 0 Å². The fourth-order valence-corrected chi connectivity index (χ4v) is 3.99. The maximum absolute atomic E-state index is 13.0. The van der Waals surface area contributed by atoms with Crippen molar-refractivity contribution in [2.24, 2.45) is 5.92 Å². The standard InChI is InChI=1S/C20H21NO3/c22-16-10-6-12-18-19(16)20(15-9-4-5-11-17(15)24-18)21(23)13-14-7-2-1-3-8-14/h1-5,7-9,11,13,16,18-20,22H,6,10,12H2/b21-13-/t16-,18+,19-,20+/m0/s1. The van der Waals surface area contributed by atoms with Crippen molar-refractivity contribution in [1.82, 2.24) is 0 Å². The third-order valence-electron chi connectivity index (χ3n) is 5.09. The summed E-state index contributed by atoms with van der Waals surface area (Å²) in [5, 5.41) is 23.6. The van der Waals surface area contributed by atoms with E-state index in [-0.39, 0.29) is 12.0 Å². The first-order valence-corrected chi connectivity index (χ1v) is 8.53. The van der Waals surface area contributed by atoms with Gasteiger partial charge >= 0.3 is 0 Å². The summed E-state index contributed by atoms with van der Waals surface area (Å²) in [6.45, 7) is 0. The molecule has 0 radical (unpaired) electrons. The molecule has 1 saturated carbocycles. The van der Waals surface area contributed by atoms with Crippen LogP contribution in [0.5, 0.6) is 5.75 Å². The molecule has 4 heteroatoms. The lowest BCUT2D eigenvalue weighted by Crippen LogP contribution is -2.48. The van der Waals surface area contributed by atoms with Gasteiger partial charge in [0, 0.05) is 5.56 Å². The van der Waals surface area contributed by atoms with Gasteiger partial charge in [0.1, 0.15) is 11.9 Å². The molecule has 1 aliphatic carbocycles. The molecular formula is C20H21NO3. The molecule has 0 bridgehead atoms. The number of hydroxylamine groups is 1. The monoisotopic (exact) mass is 323 g/mol. The largest absolute Gasteiger partial charge is 0.623 e. The maximum atomic E-state index is 13.0. The van der Waals surface area contributed by atoms with Crippen molar-refractivity contribution in [3.63, 3.8) is 0 Å². The Bertz CT molecular complexity index is 744. The van der Waals surface area contributed by atoms with Crippen LogP contribution in [0.15, 0.2) is 54.6 Å². The van der Waals surface area contributed by atoms with E-state index < -0.39 is 12.1 Å². The average molecular weight is 323 g/mol. The van der Waals surface area contributed by atoms with Crippen LogP contribution in [0, 0.1) is 11.1 Å². The van der Waals surface area contributed by atoms with Gasteiger partial charge in [0.2, 0.25) is 6.04 Å². The normalized spacial score (nSPS) is 29.3. The van der Waals surface area contributed by atoms with Gasteiger partial charge in [-0.1, -0.05) is 30.3 Å². The molecule has 1 fully saturated rings. The summed E-state index contributed by atoms with van der Waals surface area (Å²) < 4.78 is 7.10. The molecule has 2 aromatic carbocycles. The van der Waals surface area contributed by atoms with Crippen LogP contribution in [0.1, 0.15) is 36.4 Å². The van der Waals surface area contributed by atoms with Gasteiger partial charge in [-0.25, -0.2) is 4.74 Å². The van der Waals surface area contributed by atoms with Crippen molar-refractivity contribution in [2.75, 3.05) is 0 Å². The van der Waals surface area contributed by atoms with Crippen LogP contribution in [0.4, 0.5) is 0 Å². The van der Waals surface area contributed by atoms with E-state index in [4.69, 9.17) is 4.74 Å². The maximum Gasteiger partial charge on any atom is 0.200 e. The molecule has 0 saturated heterocycles. The second kappa shape index (κ2) is 6.29. The van der Waals surface area contributed by atoms with Crippen LogP contribution in [-0.4, -0.2) is 28.3 Å². The topological polar surface area (TPSA) is 55.5 Å². The number of ether oxygens (including phenoxy) is 1. The van der Waals surface area contributed by atoms with Gasteiger partial charge in [-0.2, -0.15) is 0 Å². The third-order valence-corrected chi connectivity index (χ3v) is 5.09. The van der Waals surface area contributed by atoms with Crippen molar-refractivity contribution < 1.29 is 14.6 Å². The first-order valence-electron chi connectivity index (χ1n) is 8.53. The van der Waals surface area contributed by atoms with Crippen molar-refractivity contribution in [2.45, 2.75) is 37.5 Å². The number of nitrogens with zero attached hydrogens (tertiary/aromatic N) is 1. The van der Waals surface area contributed by atoms with Crippen molar-refractivity contribution in [1.29, 1.82) is 0 Å². The quantitative estimate of drug-likeness (QED) is 0.399. The number of benzene rings is 2. The van der Waals surface area contributed by atoms with E-state index in [1.807, 2.05) is 54.6 Å². The molecule has 0 amide bonds. The van der Waals surface area contributed by atoms with Crippen LogP contribution < -0.4 is 4.74 Å². The highest BCUT2D eigenvalue weighted by Crippen LogP contribution is 2.46. The fourth-order valence-electron chi connectivity index (χ4n) is 3.99. The molecule has 4 atom stereocenters. The molecule has 24 heavy (non-hydrogen) atoms. The van der Waals surface area contributed by atoms with Gasteiger partial charge in [0.05, 0.1) is 17.6 Å². The zero-order chi connectivity index (χ0) is 16.5. The van der Waals surface area contributed by atoms with Crippen LogP contribution in [0.3, 0.4) is 0 Å². The minimum absolute atomic E-state index is 0.103. The Morgan fingerprint density at radius 1 is 1.04 bits per heavy atom. The SMILES string of the molecule is [O-]/[N+](=C\c1ccccc1)[C@@H]1c2ccccc2O[C@@H]2CCC[C@H](O)[C@H]12. The second-order valence-electron chi connectivity index (χ2n) is 6.61. The molecule has 2 aromatic rings. The molecule has 124 valence electrons. The fraction of sp³-hybridized carbons (Fsp3) is 0.350. The van der Waals surface area contributed by atoms with Gasteiger partial charge in [0.25, 0.3) is 0 Å². The number of hydrogen-bond donors (Lipinski definition) is 1. The Morgan fingerprint density at radius 2 is 1.79 bits per heavy atom. The molecule has 1 N–H and O–H groups in total. The van der Waals surface area contributed by atoms with E-state index in [1.54, 1.807) is 6.21 Å². The van der Waals surface area contributed by atoms with Crippen molar-refractivity contribution >= 4 is 6.21 Å². The molecule has 0 spiro atoms. The van der Waals surface area contributed by atoms with Crippen molar-refractivity contribution in [3.05, 3.63) is 70.9 Å². The van der Waals surface area contributed by atoms with E-state index in [0.29, 0.717) is 0 Å². The van der Waals surface area contributed by atoms with Gasteiger partial charge < -0.3 is 15.1 Å². The predicted octanol–water partition coefficient (Wildman–Crippen LogP) is 3.28. The number of aliphatic hydroxyl groups excluding tert-OH is 1. The van der Waals surface area contributed by atoms with E-state index in [2.05, 4.69) is 0 Å². The minimum atomic E-state index is -0.511.